The molecular weight excluding hydrogens is 849 g/mol. The van der Waals surface area contributed by atoms with Crippen molar-refractivity contribution in [3.8, 4) is 27.9 Å². The largest absolute Gasteiger partial charge is 0.333 e. The predicted molar refractivity (Wildman–Crippen MR) is 296 cm³/mol. The van der Waals surface area contributed by atoms with Crippen molar-refractivity contribution in [1.29, 1.82) is 0 Å². The van der Waals surface area contributed by atoms with Gasteiger partial charge in [0.2, 0.25) is 0 Å². The van der Waals surface area contributed by atoms with Crippen LogP contribution in [0.5, 0.6) is 0 Å². The Kier molecular flexibility index (Phi) is 7.02. The van der Waals surface area contributed by atoms with Gasteiger partial charge in [-0.15, -0.1) is 0 Å². The van der Waals surface area contributed by atoms with Crippen LogP contribution in [0.4, 0.5) is 0 Å². The molecule has 0 aliphatic heterocycles. The van der Waals surface area contributed by atoms with Gasteiger partial charge in [0.1, 0.15) is 0 Å². The van der Waals surface area contributed by atoms with Crippen molar-refractivity contribution in [3.63, 3.8) is 0 Å². The topological polar surface area (TPSA) is 18.7 Å². The third kappa shape index (κ3) is 4.61. The highest BCUT2D eigenvalue weighted by Gasteiger charge is 2.26. The molecule has 1 aliphatic rings. The average Bonchev–Trinajstić information content (AvgIpc) is 4.26. The number of benzene rings is 10. The summed E-state index contributed by atoms with van der Waals surface area (Å²) in [5, 5.41) is 15.4. The van der Waals surface area contributed by atoms with Crippen LogP contribution < -0.4 is 0 Å². The first kappa shape index (κ1) is 36.9. The third-order valence-electron chi connectivity index (χ3n) is 16.1. The Morgan fingerprint density at radius 2 is 0.800 bits per heavy atom. The maximum absolute atomic E-state index is 2.56. The van der Waals surface area contributed by atoms with Crippen molar-refractivity contribution >= 4 is 120 Å². The molecule has 0 bridgehead atoms. The zero-order valence-electron chi connectivity index (χ0n) is 37.9. The molecule has 6 heterocycles. The molecule has 70 heavy (non-hydrogen) atoms. The normalized spacial score (nSPS) is 14.5. The van der Waals surface area contributed by atoms with Crippen LogP contribution in [-0.2, 0) is 0 Å². The van der Waals surface area contributed by atoms with E-state index in [1.54, 1.807) is 0 Å². The lowest BCUT2D eigenvalue weighted by atomic mass is 9.95. The molecular formula is C66H40N4. The van der Waals surface area contributed by atoms with Crippen LogP contribution in [0.15, 0.2) is 224 Å². The van der Waals surface area contributed by atoms with Crippen LogP contribution in [0.1, 0.15) is 12.5 Å². The van der Waals surface area contributed by atoms with Gasteiger partial charge in [-0.25, -0.2) is 0 Å². The van der Waals surface area contributed by atoms with Gasteiger partial charge in [0.25, 0.3) is 0 Å². The van der Waals surface area contributed by atoms with Crippen LogP contribution in [0.25, 0.3) is 148 Å². The second-order valence-electron chi connectivity index (χ2n) is 19.5. The summed E-state index contributed by atoms with van der Waals surface area (Å²) >= 11 is 0. The summed E-state index contributed by atoms with van der Waals surface area (Å²) in [7, 11) is 0. The number of fused-ring (bicyclic) bond motifs is 18. The zero-order valence-corrected chi connectivity index (χ0v) is 37.9. The number of rotatable bonds is 4. The minimum absolute atomic E-state index is 0.293. The van der Waals surface area contributed by atoms with Gasteiger partial charge in [0.15, 0.2) is 0 Å². The van der Waals surface area contributed by atoms with Crippen molar-refractivity contribution in [2.45, 2.75) is 12.5 Å². The lowest BCUT2D eigenvalue weighted by Gasteiger charge is -2.18. The van der Waals surface area contributed by atoms with Crippen LogP contribution in [0.2, 0.25) is 0 Å². The van der Waals surface area contributed by atoms with Crippen LogP contribution >= 0.6 is 0 Å². The fourth-order valence-electron chi connectivity index (χ4n) is 13.3. The molecule has 4 nitrogen and oxygen atoms in total. The summed E-state index contributed by atoms with van der Waals surface area (Å²) in [4.78, 5) is 0. The Hall–Kier alpha value is -9.12. The first-order valence-electron chi connectivity index (χ1n) is 24.5. The molecule has 0 saturated carbocycles. The van der Waals surface area contributed by atoms with Gasteiger partial charge in [0, 0.05) is 81.4 Å². The molecule has 0 amide bonds. The van der Waals surface area contributed by atoms with Gasteiger partial charge in [-0.3, -0.25) is 0 Å². The first-order chi connectivity index (χ1) is 34.8. The van der Waals surface area contributed by atoms with E-state index in [-0.39, 0.29) is 0 Å². The number of nitrogens with zero attached hydrogens (tertiary/aromatic N) is 4. The summed E-state index contributed by atoms with van der Waals surface area (Å²) in [6.07, 6.45) is 9.97. The molecule has 0 saturated heterocycles. The predicted octanol–water partition coefficient (Wildman–Crippen LogP) is 17.6. The van der Waals surface area contributed by atoms with E-state index in [1.807, 2.05) is 0 Å². The fourth-order valence-corrected chi connectivity index (χ4v) is 13.3. The van der Waals surface area contributed by atoms with Crippen LogP contribution in [0, 0.1) is 0 Å². The molecule has 16 aromatic rings. The van der Waals surface area contributed by atoms with Crippen LogP contribution in [-0.4, -0.2) is 17.9 Å². The number of allylic oxidation sites excluding steroid dienone is 4. The smallest absolute Gasteiger partial charge is 0.0626 e. The SMILES string of the molecule is C1=CCC(n2c3ccccc3c3cc(-c4ccc5c6cc7c(cc6n6c8ccccc8c4c56)c4ccc(-c5ccc6c(c5)c5ccccc5n6-c5ccccc5)c5c6ccccc6n7c45)ccc32)C=C1. The first-order valence-corrected chi connectivity index (χ1v) is 24.5. The molecule has 0 spiro atoms. The Morgan fingerprint density at radius 3 is 1.40 bits per heavy atom. The summed E-state index contributed by atoms with van der Waals surface area (Å²) in [5.41, 5.74) is 18.7. The van der Waals surface area contributed by atoms with Gasteiger partial charge in [-0.2, -0.15) is 0 Å². The highest BCUT2D eigenvalue weighted by molar-refractivity contribution is 6.32. The monoisotopic (exact) mass is 888 g/mol. The minimum atomic E-state index is 0.293. The molecule has 6 aromatic heterocycles. The lowest BCUT2D eigenvalue weighted by Crippen LogP contribution is -2.06. The van der Waals surface area contributed by atoms with E-state index in [9.17, 15) is 0 Å². The van der Waals surface area contributed by atoms with E-state index in [2.05, 4.69) is 242 Å². The van der Waals surface area contributed by atoms with E-state index in [0.29, 0.717) is 6.04 Å². The highest BCUT2D eigenvalue weighted by Crippen LogP contribution is 2.49. The van der Waals surface area contributed by atoms with Crippen LogP contribution in [0.3, 0.4) is 0 Å². The second-order valence-corrected chi connectivity index (χ2v) is 19.5. The van der Waals surface area contributed by atoms with Crippen molar-refractivity contribution in [2.24, 2.45) is 0 Å². The summed E-state index contributed by atoms with van der Waals surface area (Å²) < 4.78 is 10.1. The molecule has 0 N–H and O–H groups in total. The quantitative estimate of drug-likeness (QED) is 0.168. The Morgan fingerprint density at radius 1 is 0.329 bits per heavy atom. The summed E-state index contributed by atoms with van der Waals surface area (Å²) in [6.45, 7) is 0. The molecule has 324 valence electrons. The average molecular weight is 889 g/mol. The molecule has 10 aromatic carbocycles. The van der Waals surface area contributed by atoms with E-state index in [4.69, 9.17) is 0 Å². The number of para-hydroxylation sites is 5. The fraction of sp³-hybridized carbons (Fsp3) is 0.0303. The molecule has 4 heteroatoms. The van der Waals surface area contributed by atoms with Crippen molar-refractivity contribution in [2.75, 3.05) is 0 Å². The Labute approximate surface area is 400 Å². The van der Waals surface area contributed by atoms with Crippen molar-refractivity contribution in [1.82, 2.24) is 17.9 Å². The van der Waals surface area contributed by atoms with E-state index >= 15 is 0 Å². The third-order valence-corrected chi connectivity index (χ3v) is 16.1. The van der Waals surface area contributed by atoms with E-state index in [0.717, 1.165) is 6.42 Å². The van der Waals surface area contributed by atoms with Gasteiger partial charge in [-0.1, -0.05) is 152 Å². The zero-order chi connectivity index (χ0) is 45.3. The number of hydrogen-bond acceptors (Lipinski definition) is 0. The lowest BCUT2D eigenvalue weighted by molar-refractivity contribution is 0.648. The Bertz CT molecular complexity index is 4970. The molecule has 1 unspecified atom stereocenters. The molecule has 0 radical (unpaired) electrons. The molecule has 1 aliphatic carbocycles. The van der Waals surface area contributed by atoms with Crippen molar-refractivity contribution in [3.05, 3.63) is 224 Å². The molecule has 0 fully saturated rings. The number of aromatic nitrogens is 4. The van der Waals surface area contributed by atoms with Gasteiger partial charge in [0.05, 0.1) is 50.2 Å². The van der Waals surface area contributed by atoms with Gasteiger partial charge < -0.3 is 17.9 Å². The van der Waals surface area contributed by atoms with Crippen molar-refractivity contribution < 1.29 is 0 Å². The molecule has 1 atom stereocenters. The Balaban J connectivity index is 0.900. The number of hydrogen-bond donors (Lipinski definition) is 0. The van der Waals surface area contributed by atoms with Gasteiger partial charge >= 0.3 is 0 Å². The summed E-state index contributed by atoms with van der Waals surface area (Å²) in [6, 6.07) is 75.6. The second kappa shape index (κ2) is 13.3. The standard InChI is InChI=1S/C66H40N4/c1-3-15-41(16-4-1)67-55-23-11-7-19-45(55)51-35-39(27-33-59(51)67)43-29-31-47-53-37-62-54(38-61(53)69-57-25-13-9-21-49(57)63(43)65(47)69)48-32-30-44(64-50-22-10-14-26-58(50)70(62)66(48)64)40-28-34-60-52(36-40)46-20-8-12-24-56(46)68(60)42-17-5-2-6-18-42/h1-17,19-38,42H,18H2. The minimum Gasteiger partial charge on any atom is -0.333 e. The van der Waals surface area contributed by atoms with Gasteiger partial charge in [-0.05, 0) is 101 Å². The maximum atomic E-state index is 2.56. The maximum Gasteiger partial charge on any atom is 0.0626 e. The van der Waals surface area contributed by atoms with E-state index in [1.165, 1.54) is 148 Å². The van der Waals surface area contributed by atoms with E-state index < -0.39 is 0 Å². The highest BCUT2D eigenvalue weighted by atomic mass is 15.0. The molecule has 17 rings (SSSR count). The summed E-state index contributed by atoms with van der Waals surface area (Å²) in [5.74, 6) is 0.